The lowest BCUT2D eigenvalue weighted by Crippen LogP contribution is -2.56. The van der Waals surface area contributed by atoms with Gasteiger partial charge in [-0.2, -0.15) is 0 Å². The van der Waals surface area contributed by atoms with Gasteiger partial charge >= 0.3 is 0 Å². The molecule has 0 aromatic heterocycles. The highest BCUT2D eigenvalue weighted by Crippen LogP contribution is 2.37. The van der Waals surface area contributed by atoms with Crippen molar-refractivity contribution in [1.29, 1.82) is 0 Å². The number of aliphatic imine (C=N–C) groups is 1. The maximum absolute atomic E-state index is 10.5. The molecule has 160 valence electrons. The highest BCUT2D eigenvalue weighted by molar-refractivity contribution is 6.01. The lowest BCUT2D eigenvalue weighted by atomic mass is 9.87. The molecule has 1 atom stereocenters. The van der Waals surface area contributed by atoms with Crippen LogP contribution in [0.5, 0.6) is 11.5 Å². The van der Waals surface area contributed by atoms with Crippen molar-refractivity contribution < 1.29 is 9.84 Å². The zero-order valence-electron chi connectivity index (χ0n) is 18.3. The molecule has 1 unspecified atom stereocenters. The summed E-state index contributed by atoms with van der Waals surface area (Å²) in [5.41, 5.74) is 2.89. The quantitative estimate of drug-likeness (QED) is 0.765. The molecule has 2 N–H and O–H groups in total. The number of hydrogen-bond donors (Lipinski definition) is 2. The van der Waals surface area contributed by atoms with Gasteiger partial charge in [0.05, 0.1) is 6.61 Å². The summed E-state index contributed by atoms with van der Waals surface area (Å²) in [5.74, 6) is 1.23. The Balaban J connectivity index is 1.66. The fourth-order valence-electron chi connectivity index (χ4n) is 4.63. The van der Waals surface area contributed by atoms with Crippen molar-refractivity contribution in [1.82, 2.24) is 10.2 Å². The number of nitrogens with zero attached hydrogens (tertiary/aromatic N) is 2. The Kier molecular flexibility index (Phi) is 6.11. The second-order valence-electron chi connectivity index (χ2n) is 8.64. The third kappa shape index (κ3) is 4.37. The fourth-order valence-corrected chi connectivity index (χ4v) is 4.63. The fraction of sp³-hybridized carbons (Fsp3) is 0.480. The van der Waals surface area contributed by atoms with Gasteiger partial charge in [-0.15, -0.1) is 0 Å². The summed E-state index contributed by atoms with van der Waals surface area (Å²) in [6, 6.07) is 16.5. The summed E-state index contributed by atoms with van der Waals surface area (Å²) in [5, 5.41) is 14.3. The minimum Gasteiger partial charge on any atom is -0.508 e. The van der Waals surface area contributed by atoms with Crippen LogP contribution < -0.4 is 10.1 Å². The number of para-hydroxylation sites is 1. The first-order valence-corrected chi connectivity index (χ1v) is 11.1. The predicted molar refractivity (Wildman–Crippen MR) is 121 cm³/mol. The second-order valence-corrected chi connectivity index (χ2v) is 8.64. The third-order valence-electron chi connectivity index (χ3n) is 6.36. The van der Waals surface area contributed by atoms with E-state index in [1.807, 2.05) is 37.3 Å². The molecule has 5 heteroatoms. The van der Waals surface area contributed by atoms with E-state index in [0.29, 0.717) is 18.4 Å². The van der Waals surface area contributed by atoms with E-state index in [1.165, 1.54) is 0 Å². The summed E-state index contributed by atoms with van der Waals surface area (Å²) in [7, 11) is 0. The zero-order chi connectivity index (χ0) is 21.1. The van der Waals surface area contributed by atoms with Gasteiger partial charge in [-0.1, -0.05) is 18.2 Å². The Morgan fingerprint density at radius 2 is 1.83 bits per heavy atom. The molecule has 5 nitrogen and oxygen atoms in total. The van der Waals surface area contributed by atoms with E-state index in [4.69, 9.17) is 9.73 Å². The SMILES string of the molecule is CCOc1ccc(C2=NC3(CCN(C(C)C)CC3)NC(c3ccccc3O)C2)cc1. The van der Waals surface area contributed by atoms with Crippen LogP contribution in [0.4, 0.5) is 0 Å². The summed E-state index contributed by atoms with van der Waals surface area (Å²) >= 11 is 0. The van der Waals surface area contributed by atoms with Gasteiger partial charge in [0.2, 0.25) is 0 Å². The molecular formula is C25H33N3O2. The number of rotatable bonds is 5. The molecule has 2 aliphatic heterocycles. The Labute approximate surface area is 179 Å². The van der Waals surface area contributed by atoms with Crippen LogP contribution in [-0.4, -0.2) is 47.1 Å². The van der Waals surface area contributed by atoms with Crippen molar-refractivity contribution in [3.05, 3.63) is 59.7 Å². The molecule has 0 saturated carbocycles. The van der Waals surface area contributed by atoms with E-state index in [9.17, 15) is 5.11 Å². The van der Waals surface area contributed by atoms with E-state index >= 15 is 0 Å². The smallest absolute Gasteiger partial charge is 0.120 e. The number of hydrogen-bond acceptors (Lipinski definition) is 5. The number of aromatic hydroxyl groups is 1. The standard InChI is InChI=1S/C25H33N3O2/c1-4-30-20-11-9-19(10-12-20)22-17-23(21-7-5-6-8-24(21)29)27-25(26-22)13-15-28(16-14-25)18(2)3/h5-12,18,23,27,29H,4,13-17H2,1-3H3. The minimum atomic E-state index is -0.287. The first-order valence-electron chi connectivity index (χ1n) is 11.1. The summed E-state index contributed by atoms with van der Waals surface area (Å²) in [6.07, 6.45) is 2.69. The van der Waals surface area contributed by atoms with Gasteiger partial charge in [0.15, 0.2) is 0 Å². The molecular weight excluding hydrogens is 374 g/mol. The summed E-state index contributed by atoms with van der Waals surface area (Å²) in [6.45, 7) is 9.22. The molecule has 1 spiro atoms. The average molecular weight is 408 g/mol. The lowest BCUT2D eigenvalue weighted by Gasteiger charge is -2.46. The van der Waals surface area contributed by atoms with Gasteiger partial charge in [-0.05, 0) is 69.5 Å². The van der Waals surface area contributed by atoms with E-state index in [2.05, 4.69) is 36.2 Å². The van der Waals surface area contributed by atoms with Crippen molar-refractivity contribution >= 4 is 5.71 Å². The largest absolute Gasteiger partial charge is 0.508 e. The van der Waals surface area contributed by atoms with Crippen LogP contribution in [0, 0.1) is 0 Å². The molecule has 0 aliphatic carbocycles. The van der Waals surface area contributed by atoms with Crippen molar-refractivity contribution in [2.75, 3.05) is 19.7 Å². The molecule has 0 bridgehead atoms. The van der Waals surface area contributed by atoms with Gasteiger partial charge in [0.25, 0.3) is 0 Å². The van der Waals surface area contributed by atoms with Crippen LogP contribution in [0.25, 0.3) is 0 Å². The first kappa shape index (κ1) is 20.9. The van der Waals surface area contributed by atoms with Crippen LogP contribution >= 0.6 is 0 Å². The number of phenolic OH excluding ortho intramolecular Hbond substituents is 1. The Hall–Kier alpha value is -2.37. The number of piperidine rings is 1. The summed E-state index contributed by atoms with van der Waals surface area (Å²) in [4.78, 5) is 7.79. The average Bonchev–Trinajstić information content (AvgIpc) is 2.75. The third-order valence-corrected chi connectivity index (χ3v) is 6.36. The molecule has 1 saturated heterocycles. The first-order chi connectivity index (χ1) is 14.5. The zero-order valence-corrected chi connectivity index (χ0v) is 18.3. The number of nitrogens with one attached hydrogen (secondary N) is 1. The number of phenols is 1. The predicted octanol–water partition coefficient (Wildman–Crippen LogP) is 4.52. The van der Waals surface area contributed by atoms with Crippen molar-refractivity contribution in [3.8, 4) is 11.5 Å². The van der Waals surface area contributed by atoms with Crippen molar-refractivity contribution in [3.63, 3.8) is 0 Å². The molecule has 2 heterocycles. The minimum absolute atomic E-state index is 0.0378. The molecule has 0 radical (unpaired) electrons. The normalized spacial score (nSPS) is 21.6. The van der Waals surface area contributed by atoms with Crippen molar-refractivity contribution in [2.45, 2.75) is 57.8 Å². The number of benzene rings is 2. The Morgan fingerprint density at radius 3 is 2.47 bits per heavy atom. The molecule has 0 amide bonds. The number of ether oxygens (including phenoxy) is 1. The van der Waals surface area contributed by atoms with Crippen LogP contribution in [0.2, 0.25) is 0 Å². The lowest BCUT2D eigenvalue weighted by molar-refractivity contribution is 0.103. The van der Waals surface area contributed by atoms with Crippen LogP contribution in [0.3, 0.4) is 0 Å². The Morgan fingerprint density at radius 1 is 1.13 bits per heavy atom. The Bertz CT molecular complexity index is 884. The van der Waals surface area contributed by atoms with Gasteiger partial charge in [0, 0.05) is 42.9 Å². The molecule has 2 aliphatic rings. The molecule has 30 heavy (non-hydrogen) atoms. The molecule has 1 fully saturated rings. The van der Waals surface area contributed by atoms with E-state index < -0.39 is 0 Å². The molecule has 2 aromatic carbocycles. The number of likely N-dealkylation sites (tertiary alicyclic amines) is 1. The van der Waals surface area contributed by atoms with Crippen LogP contribution in [-0.2, 0) is 0 Å². The second kappa shape index (κ2) is 8.78. The monoisotopic (exact) mass is 407 g/mol. The highest BCUT2D eigenvalue weighted by Gasteiger charge is 2.40. The van der Waals surface area contributed by atoms with Gasteiger partial charge in [-0.25, -0.2) is 0 Å². The highest BCUT2D eigenvalue weighted by atomic mass is 16.5. The van der Waals surface area contributed by atoms with Crippen molar-refractivity contribution in [2.24, 2.45) is 4.99 Å². The van der Waals surface area contributed by atoms with E-state index in [1.54, 1.807) is 6.07 Å². The van der Waals surface area contributed by atoms with Gasteiger partial charge in [-0.3, -0.25) is 10.3 Å². The van der Waals surface area contributed by atoms with Gasteiger partial charge < -0.3 is 14.7 Å². The topological polar surface area (TPSA) is 57.1 Å². The molecule has 4 rings (SSSR count). The molecule has 2 aromatic rings. The van der Waals surface area contributed by atoms with Crippen LogP contribution in [0.1, 0.15) is 57.2 Å². The maximum Gasteiger partial charge on any atom is 0.120 e. The van der Waals surface area contributed by atoms with E-state index in [-0.39, 0.29) is 11.7 Å². The van der Waals surface area contributed by atoms with E-state index in [0.717, 1.165) is 54.9 Å². The maximum atomic E-state index is 10.5. The van der Waals surface area contributed by atoms with Gasteiger partial charge in [0.1, 0.15) is 17.2 Å². The summed E-state index contributed by atoms with van der Waals surface area (Å²) < 4.78 is 5.61. The van der Waals surface area contributed by atoms with Crippen LogP contribution in [0.15, 0.2) is 53.5 Å².